The zero-order valence-corrected chi connectivity index (χ0v) is 17.8. The van der Waals surface area contributed by atoms with E-state index in [-0.39, 0.29) is 5.76 Å². The Kier molecular flexibility index (Phi) is 12.9. The minimum Gasteiger partial charge on any atom is -0.508 e. The second-order valence-electron chi connectivity index (χ2n) is 7.61. The van der Waals surface area contributed by atoms with E-state index in [4.69, 9.17) is 0 Å². The van der Waals surface area contributed by atoms with E-state index >= 15 is 0 Å². The molecule has 0 aliphatic carbocycles. The van der Waals surface area contributed by atoms with Gasteiger partial charge in [-0.25, -0.2) is 0 Å². The fraction of sp³-hybridized carbons (Fsp3) is 0.667. The molecule has 0 fully saturated rings. The predicted molar refractivity (Wildman–Crippen MR) is 117 cm³/mol. The Morgan fingerprint density at radius 3 is 2.00 bits per heavy atom. The van der Waals surface area contributed by atoms with Crippen LogP contribution in [-0.2, 0) is 6.42 Å². The summed E-state index contributed by atoms with van der Waals surface area (Å²) in [7, 11) is 0. The maximum atomic E-state index is 10.2. The highest BCUT2D eigenvalue weighted by Gasteiger charge is 2.06. The van der Waals surface area contributed by atoms with E-state index in [1.165, 1.54) is 50.8 Å². The number of rotatable bonds is 15. The third-order valence-electron chi connectivity index (χ3n) is 5.05. The quantitative estimate of drug-likeness (QED) is 0.371. The van der Waals surface area contributed by atoms with Gasteiger partial charge in [0.05, 0.1) is 6.10 Å². The molecule has 27 heavy (non-hydrogen) atoms. The van der Waals surface area contributed by atoms with Crippen LogP contribution in [0.2, 0.25) is 0 Å². The summed E-state index contributed by atoms with van der Waals surface area (Å²) in [6.45, 7) is 10.2. The first kappa shape index (κ1) is 23.7. The van der Waals surface area contributed by atoms with Gasteiger partial charge < -0.3 is 15.1 Å². The standard InChI is InChI=1S/C24H41NO2/c1-4-7-12-23(26)20-24(27)22-15-13-21(14-16-22)11-10-19-25(17-8-5-2)18-9-6-3/h13-16,20,23,26-27H,4-12,17-19H2,1-3H3/b24-20-. The van der Waals surface area contributed by atoms with Crippen LogP contribution in [0.5, 0.6) is 0 Å². The Morgan fingerprint density at radius 1 is 0.889 bits per heavy atom. The van der Waals surface area contributed by atoms with Gasteiger partial charge in [-0.2, -0.15) is 0 Å². The molecule has 1 rings (SSSR count). The largest absolute Gasteiger partial charge is 0.508 e. The Bertz CT molecular complexity index is 502. The van der Waals surface area contributed by atoms with Crippen LogP contribution in [0.4, 0.5) is 0 Å². The normalized spacial score (nSPS) is 13.3. The van der Waals surface area contributed by atoms with Crippen molar-refractivity contribution in [3.8, 4) is 0 Å². The summed E-state index contributed by atoms with van der Waals surface area (Å²) in [6.07, 6.45) is 11.0. The first-order valence-electron chi connectivity index (χ1n) is 11.0. The third-order valence-corrected chi connectivity index (χ3v) is 5.05. The Balaban J connectivity index is 2.47. The van der Waals surface area contributed by atoms with E-state index in [0.717, 1.165) is 31.4 Å². The summed E-state index contributed by atoms with van der Waals surface area (Å²) >= 11 is 0. The van der Waals surface area contributed by atoms with E-state index < -0.39 is 6.10 Å². The lowest BCUT2D eigenvalue weighted by Gasteiger charge is -2.21. The number of aryl methyl sites for hydroxylation is 1. The minimum absolute atomic E-state index is 0.176. The van der Waals surface area contributed by atoms with E-state index in [1.807, 2.05) is 12.1 Å². The molecule has 0 heterocycles. The fourth-order valence-corrected chi connectivity index (χ4v) is 3.22. The summed E-state index contributed by atoms with van der Waals surface area (Å²) < 4.78 is 0. The average molecular weight is 376 g/mol. The highest BCUT2D eigenvalue weighted by molar-refractivity contribution is 5.59. The number of aliphatic hydroxyl groups excluding tert-OH is 2. The molecule has 0 radical (unpaired) electrons. The zero-order chi connectivity index (χ0) is 19.9. The number of unbranched alkanes of at least 4 members (excludes halogenated alkanes) is 3. The number of hydrogen-bond acceptors (Lipinski definition) is 3. The lowest BCUT2D eigenvalue weighted by Crippen LogP contribution is -2.27. The van der Waals surface area contributed by atoms with Crippen molar-refractivity contribution >= 4 is 5.76 Å². The Morgan fingerprint density at radius 2 is 1.44 bits per heavy atom. The lowest BCUT2D eigenvalue weighted by molar-refractivity contribution is 0.207. The molecule has 0 spiro atoms. The molecular weight excluding hydrogens is 334 g/mol. The van der Waals surface area contributed by atoms with E-state index in [1.54, 1.807) is 6.08 Å². The predicted octanol–water partition coefficient (Wildman–Crippen LogP) is 5.97. The van der Waals surface area contributed by atoms with Gasteiger partial charge in [-0.3, -0.25) is 0 Å². The highest BCUT2D eigenvalue weighted by Crippen LogP contribution is 2.16. The molecular formula is C24H41NO2. The van der Waals surface area contributed by atoms with Crippen LogP contribution < -0.4 is 0 Å². The van der Waals surface area contributed by atoms with Crippen LogP contribution in [0.15, 0.2) is 30.3 Å². The van der Waals surface area contributed by atoms with E-state index in [9.17, 15) is 10.2 Å². The smallest absolute Gasteiger partial charge is 0.121 e. The van der Waals surface area contributed by atoms with Gasteiger partial charge in [-0.1, -0.05) is 70.7 Å². The maximum absolute atomic E-state index is 10.2. The molecule has 0 saturated heterocycles. The molecule has 1 unspecified atom stereocenters. The second-order valence-corrected chi connectivity index (χ2v) is 7.61. The molecule has 1 aromatic rings. The molecule has 0 amide bonds. The molecule has 1 aromatic carbocycles. The van der Waals surface area contributed by atoms with Crippen molar-refractivity contribution in [3.05, 3.63) is 41.5 Å². The topological polar surface area (TPSA) is 43.7 Å². The first-order valence-corrected chi connectivity index (χ1v) is 11.0. The molecule has 0 aliphatic heterocycles. The highest BCUT2D eigenvalue weighted by atomic mass is 16.3. The minimum atomic E-state index is -0.568. The van der Waals surface area contributed by atoms with Crippen molar-refractivity contribution in [3.63, 3.8) is 0 Å². The van der Waals surface area contributed by atoms with Crippen molar-refractivity contribution in [2.24, 2.45) is 0 Å². The van der Waals surface area contributed by atoms with Crippen molar-refractivity contribution in [1.82, 2.24) is 4.90 Å². The summed E-state index contributed by atoms with van der Waals surface area (Å²) in [6, 6.07) is 8.11. The van der Waals surface area contributed by atoms with Gasteiger partial charge in [-0.15, -0.1) is 0 Å². The van der Waals surface area contributed by atoms with Crippen LogP contribution >= 0.6 is 0 Å². The van der Waals surface area contributed by atoms with Gasteiger partial charge in [-0.05, 0) is 63.4 Å². The monoisotopic (exact) mass is 375 g/mol. The van der Waals surface area contributed by atoms with Crippen LogP contribution in [0.1, 0.15) is 83.3 Å². The molecule has 154 valence electrons. The summed E-state index contributed by atoms with van der Waals surface area (Å²) in [5.41, 5.74) is 2.09. The van der Waals surface area contributed by atoms with Crippen molar-refractivity contribution < 1.29 is 10.2 Å². The zero-order valence-electron chi connectivity index (χ0n) is 17.8. The molecule has 2 N–H and O–H groups in total. The Labute approximate surface area is 167 Å². The molecule has 0 aromatic heterocycles. The van der Waals surface area contributed by atoms with Crippen LogP contribution in [0, 0.1) is 0 Å². The van der Waals surface area contributed by atoms with Gasteiger partial charge in [0.15, 0.2) is 0 Å². The lowest BCUT2D eigenvalue weighted by atomic mass is 10.0. The van der Waals surface area contributed by atoms with Gasteiger partial charge in [0.25, 0.3) is 0 Å². The molecule has 3 heteroatoms. The fourth-order valence-electron chi connectivity index (χ4n) is 3.22. The number of hydrogen-bond donors (Lipinski definition) is 2. The van der Waals surface area contributed by atoms with Crippen LogP contribution in [0.25, 0.3) is 5.76 Å². The molecule has 0 bridgehead atoms. The van der Waals surface area contributed by atoms with Crippen LogP contribution in [0.3, 0.4) is 0 Å². The number of aliphatic hydroxyl groups is 2. The summed E-state index contributed by atoms with van der Waals surface area (Å²) in [4.78, 5) is 2.60. The molecule has 3 nitrogen and oxygen atoms in total. The van der Waals surface area contributed by atoms with E-state index in [2.05, 4.69) is 37.8 Å². The summed E-state index contributed by atoms with van der Waals surface area (Å²) in [5.74, 6) is 0.176. The van der Waals surface area contributed by atoms with E-state index in [0.29, 0.717) is 6.42 Å². The van der Waals surface area contributed by atoms with Crippen molar-refractivity contribution in [1.29, 1.82) is 0 Å². The van der Waals surface area contributed by atoms with Gasteiger partial charge >= 0.3 is 0 Å². The number of nitrogens with zero attached hydrogens (tertiary/aromatic N) is 1. The Hall–Kier alpha value is -1.32. The van der Waals surface area contributed by atoms with Crippen molar-refractivity contribution in [2.45, 2.75) is 84.7 Å². The molecule has 0 saturated carbocycles. The van der Waals surface area contributed by atoms with Gasteiger partial charge in [0, 0.05) is 5.56 Å². The molecule has 0 aliphatic rings. The summed E-state index contributed by atoms with van der Waals surface area (Å²) in [5, 5.41) is 20.1. The van der Waals surface area contributed by atoms with Crippen LogP contribution in [-0.4, -0.2) is 40.9 Å². The first-order chi connectivity index (χ1) is 13.1. The molecule has 1 atom stereocenters. The third kappa shape index (κ3) is 10.6. The SMILES string of the molecule is CCCCC(O)/C=C(\O)c1ccc(CCCN(CCCC)CCCC)cc1. The van der Waals surface area contributed by atoms with Gasteiger partial charge in [0.2, 0.25) is 0 Å². The van der Waals surface area contributed by atoms with Gasteiger partial charge in [0.1, 0.15) is 5.76 Å². The average Bonchev–Trinajstić information content (AvgIpc) is 2.68. The number of benzene rings is 1. The second kappa shape index (κ2) is 14.7. The van der Waals surface area contributed by atoms with Crippen molar-refractivity contribution in [2.75, 3.05) is 19.6 Å². The maximum Gasteiger partial charge on any atom is 0.121 e.